The third-order valence-electron chi connectivity index (χ3n) is 7.34. The Bertz CT molecular complexity index is 1840. The summed E-state index contributed by atoms with van der Waals surface area (Å²) in [6, 6.07) is 28.6. The summed E-state index contributed by atoms with van der Waals surface area (Å²) >= 11 is 6.03. The van der Waals surface area contributed by atoms with Crippen LogP contribution in [0.1, 0.15) is 59.4 Å². The van der Waals surface area contributed by atoms with Crippen molar-refractivity contribution in [1.29, 1.82) is 0 Å². The first-order valence-corrected chi connectivity index (χ1v) is 16.1. The van der Waals surface area contributed by atoms with Gasteiger partial charge in [0.1, 0.15) is 5.76 Å². The largest absolute Gasteiger partial charge is 0.453 e. The zero-order valence-corrected chi connectivity index (χ0v) is 26.2. The fourth-order valence-corrected chi connectivity index (χ4v) is 5.33. The van der Waals surface area contributed by atoms with Crippen molar-refractivity contribution in [3.8, 4) is 22.8 Å². The van der Waals surface area contributed by atoms with Gasteiger partial charge in [0.25, 0.3) is 16.0 Å². The van der Waals surface area contributed by atoms with E-state index in [9.17, 15) is 13.2 Å². The lowest BCUT2D eigenvalue weighted by Gasteiger charge is -2.21. The van der Waals surface area contributed by atoms with Crippen LogP contribution in [0.5, 0.6) is 0 Å². The van der Waals surface area contributed by atoms with Crippen LogP contribution in [-0.2, 0) is 22.0 Å². The van der Waals surface area contributed by atoms with Gasteiger partial charge in [-0.3, -0.25) is 9.35 Å². The molecule has 2 heterocycles. The number of hydrogen-bond donors (Lipinski definition) is 2. The molecule has 0 aliphatic heterocycles. The van der Waals surface area contributed by atoms with Crippen molar-refractivity contribution in [2.45, 2.75) is 38.5 Å². The molecule has 0 saturated carbocycles. The highest BCUT2D eigenvalue weighted by Crippen LogP contribution is 2.35. The minimum atomic E-state index is -4.15. The van der Waals surface area contributed by atoms with Crippen LogP contribution in [0.2, 0.25) is 5.02 Å². The van der Waals surface area contributed by atoms with Crippen LogP contribution in [0, 0.1) is 0 Å². The van der Waals surface area contributed by atoms with Gasteiger partial charge in [0.2, 0.25) is 5.76 Å². The quantitative estimate of drug-likeness (QED) is 0.152. The number of nitrogens with one attached hydrogen (secondary N) is 1. The highest BCUT2D eigenvalue weighted by Gasteiger charge is 2.23. The summed E-state index contributed by atoms with van der Waals surface area (Å²) in [5.74, 6) is 0.625. The average molecular weight is 633 g/mol. The van der Waals surface area contributed by atoms with Crippen molar-refractivity contribution < 1.29 is 26.7 Å². The number of carbonyl (C=O) groups is 1. The van der Waals surface area contributed by atoms with Gasteiger partial charge in [0.15, 0.2) is 5.76 Å². The molecule has 0 fully saturated rings. The molecule has 2 aromatic heterocycles. The van der Waals surface area contributed by atoms with E-state index in [1.54, 1.807) is 12.1 Å². The zero-order chi connectivity index (χ0) is 31.5. The van der Waals surface area contributed by atoms with Crippen LogP contribution < -0.4 is 5.32 Å². The van der Waals surface area contributed by atoms with Crippen LogP contribution >= 0.6 is 11.6 Å². The van der Waals surface area contributed by atoms with Gasteiger partial charge in [-0.15, -0.1) is 0 Å². The predicted molar refractivity (Wildman–Crippen MR) is 171 cm³/mol. The van der Waals surface area contributed by atoms with Gasteiger partial charge in [-0.05, 0) is 77.1 Å². The molecule has 10 heteroatoms. The number of nitrogens with zero attached hydrogens (tertiary/aromatic N) is 1. The zero-order valence-electron chi connectivity index (χ0n) is 24.6. The third-order valence-corrected chi connectivity index (χ3v) is 8.32. The Hall–Kier alpha value is -4.18. The Balaban J connectivity index is 1.39. The SMILES string of the molecule is CC(C)(C)c1ccc(C(Cc2ccc(C(=O)NCCS(=O)(=O)O)cc2)c2cc(-c3ccc(-c4ccc(Cl)cc4)o3)on2)cc1. The van der Waals surface area contributed by atoms with Crippen molar-refractivity contribution in [2.24, 2.45) is 0 Å². The average Bonchev–Trinajstić information content (AvgIpc) is 3.66. The van der Waals surface area contributed by atoms with Gasteiger partial charge >= 0.3 is 0 Å². The molecule has 2 N–H and O–H groups in total. The molecule has 1 amide bonds. The minimum absolute atomic E-state index is 0.00787. The molecule has 5 aromatic rings. The fourth-order valence-electron chi connectivity index (χ4n) is 4.84. The maximum atomic E-state index is 12.4. The fraction of sp³-hybridized carbons (Fsp3) is 0.235. The molecule has 1 atom stereocenters. The summed E-state index contributed by atoms with van der Waals surface area (Å²) in [6.07, 6.45) is 0.583. The molecule has 3 aromatic carbocycles. The number of hydrogen-bond acceptors (Lipinski definition) is 6. The molecule has 5 rings (SSSR count). The Morgan fingerprint density at radius 1 is 0.909 bits per heavy atom. The predicted octanol–water partition coefficient (Wildman–Crippen LogP) is 7.54. The van der Waals surface area contributed by atoms with Crippen LogP contribution in [0.4, 0.5) is 0 Å². The Labute approximate surface area is 261 Å². The first kappa shape index (κ1) is 31.3. The number of aromatic nitrogens is 1. The van der Waals surface area contributed by atoms with Gasteiger partial charge in [-0.25, -0.2) is 0 Å². The molecule has 0 radical (unpaired) electrons. The molecule has 0 bridgehead atoms. The third kappa shape index (κ3) is 7.85. The lowest BCUT2D eigenvalue weighted by Crippen LogP contribution is -2.28. The van der Waals surface area contributed by atoms with Crippen LogP contribution in [-0.4, -0.2) is 36.3 Å². The monoisotopic (exact) mass is 632 g/mol. The first-order valence-electron chi connectivity index (χ1n) is 14.1. The standard InChI is InChI=1S/C34H33ClN2O6S/c1-34(2,3)26-12-8-23(9-13-26)28(20-22-4-6-25(7-5-22)33(38)36-18-19-44(39,40)41)29-21-32(43-37-29)31-17-16-30(42-31)24-10-14-27(35)15-11-24/h4-17,21,28H,18-20H2,1-3H3,(H,36,38)(H,39,40,41). The second-order valence-corrected chi connectivity index (χ2v) is 13.7. The summed E-state index contributed by atoms with van der Waals surface area (Å²) in [5, 5.41) is 7.59. The molecule has 228 valence electrons. The molecular formula is C34H33ClN2O6S. The van der Waals surface area contributed by atoms with Crippen molar-refractivity contribution in [2.75, 3.05) is 12.3 Å². The lowest BCUT2D eigenvalue weighted by atomic mass is 9.83. The number of carbonyl (C=O) groups excluding carboxylic acids is 1. The number of benzene rings is 3. The van der Waals surface area contributed by atoms with Crippen molar-refractivity contribution >= 4 is 27.6 Å². The van der Waals surface area contributed by atoms with Gasteiger partial charge in [-0.1, -0.05) is 73.9 Å². The van der Waals surface area contributed by atoms with Gasteiger partial charge in [-0.2, -0.15) is 8.42 Å². The van der Waals surface area contributed by atoms with Crippen molar-refractivity contribution in [1.82, 2.24) is 10.5 Å². The van der Waals surface area contributed by atoms with Crippen LogP contribution in [0.15, 0.2) is 99.9 Å². The maximum Gasteiger partial charge on any atom is 0.266 e. The van der Waals surface area contributed by atoms with Crippen molar-refractivity contribution in [3.05, 3.63) is 124 Å². The van der Waals surface area contributed by atoms with E-state index < -0.39 is 21.8 Å². The topological polar surface area (TPSA) is 123 Å². The van der Waals surface area contributed by atoms with E-state index >= 15 is 0 Å². The smallest absolute Gasteiger partial charge is 0.266 e. The summed E-state index contributed by atoms with van der Waals surface area (Å²) in [7, 11) is -4.15. The highest BCUT2D eigenvalue weighted by molar-refractivity contribution is 7.85. The molecule has 1 unspecified atom stereocenters. The maximum absolute atomic E-state index is 12.4. The summed E-state index contributed by atoms with van der Waals surface area (Å²) < 4.78 is 42.6. The van der Waals surface area contributed by atoms with E-state index in [4.69, 9.17) is 25.1 Å². The lowest BCUT2D eigenvalue weighted by molar-refractivity contribution is 0.0956. The number of halogens is 1. The number of amides is 1. The van der Waals surface area contributed by atoms with Gasteiger partial charge in [0.05, 0.1) is 11.4 Å². The number of furan rings is 1. The molecule has 0 saturated heterocycles. The number of rotatable bonds is 10. The second kappa shape index (κ2) is 12.8. The molecule has 0 aliphatic rings. The van der Waals surface area contributed by atoms with Crippen molar-refractivity contribution in [3.63, 3.8) is 0 Å². The highest BCUT2D eigenvalue weighted by atomic mass is 35.5. The molecule has 8 nitrogen and oxygen atoms in total. The molecule has 44 heavy (non-hydrogen) atoms. The Morgan fingerprint density at radius 2 is 1.57 bits per heavy atom. The second-order valence-electron chi connectivity index (χ2n) is 11.7. The van der Waals surface area contributed by atoms with E-state index in [2.05, 4.69) is 55.5 Å². The molecule has 0 aliphatic carbocycles. The summed E-state index contributed by atoms with van der Waals surface area (Å²) in [5.41, 5.74) is 5.27. The normalized spacial score (nSPS) is 12.7. The first-order chi connectivity index (χ1) is 20.9. The van der Waals surface area contributed by atoms with Crippen LogP contribution in [0.3, 0.4) is 0 Å². The van der Waals surface area contributed by atoms with Gasteiger partial charge in [0, 0.05) is 34.7 Å². The van der Waals surface area contributed by atoms with E-state index in [-0.39, 0.29) is 17.9 Å². The van der Waals surface area contributed by atoms with E-state index in [0.717, 1.165) is 22.4 Å². The summed E-state index contributed by atoms with van der Waals surface area (Å²) in [6.45, 7) is 6.33. The van der Waals surface area contributed by atoms with E-state index in [1.165, 1.54) is 5.56 Å². The Morgan fingerprint density at radius 3 is 2.20 bits per heavy atom. The molecule has 0 spiro atoms. The minimum Gasteiger partial charge on any atom is -0.453 e. The van der Waals surface area contributed by atoms with Crippen LogP contribution in [0.25, 0.3) is 22.8 Å². The van der Waals surface area contributed by atoms with E-state index in [0.29, 0.717) is 34.3 Å². The molecular weight excluding hydrogens is 600 g/mol. The Kier molecular flexibility index (Phi) is 9.10. The van der Waals surface area contributed by atoms with E-state index in [1.807, 2.05) is 54.6 Å². The van der Waals surface area contributed by atoms with Gasteiger partial charge < -0.3 is 14.3 Å². The summed E-state index contributed by atoms with van der Waals surface area (Å²) in [4.78, 5) is 12.4.